The molecule has 0 unspecified atom stereocenters. The Morgan fingerprint density at radius 1 is 1.17 bits per heavy atom. The fraction of sp³-hybridized carbons (Fsp3) is 0.478. The third-order valence-electron chi connectivity index (χ3n) is 6.34. The first-order valence-electron chi connectivity index (χ1n) is 10.4. The summed E-state index contributed by atoms with van der Waals surface area (Å²) in [6, 6.07) is 12.7. The second-order valence-corrected chi connectivity index (χ2v) is 8.75. The van der Waals surface area contributed by atoms with Gasteiger partial charge >= 0.3 is 0 Å². The average Bonchev–Trinajstić information content (AvgIpc) is 3.21. The third-order valence-corrected chi connectivity index (χ3v) is 6.34. The minimum absolute atomic E-state index is 0.143. The van der Waals surface area contributed by atoms with Gasteiger partial charge in [0.2, 0.25) is 5.91 Å². The van der Waals surface area contributed by atoms with Crippen LogP contribution in [-0.2, 0) is 11.3 Å². The Bertz CT molecular complexity index is 883. The molecule has 4 rings (SSSR count). The number of carbonyl (C=O) groups excluding carboxylic acids is 1. The van der Waals surface area contributed by atoms with E-state index in [0.717, 1.165) is 31.7 Å². The van der Waals surface area contributed by atoms with Gasteiger partial charge in [0.25, 0.3) is 0 Å². The molecule has 1 amide bonds. The Kier molecular flexibility index (Phi) is 5.56. The molecule has 2 aliphatic heterocycles. The maximum atomic E-state index is 13.0. The predicted molar refractivity (Wildman–Crippen MR) is 115 cm³/mol. The SMILES string of the molecule is Cc1ccccc1[C@H]1[C@@H]2CN(Cc3cccnc3N)C[C@@H]2CN1C(=O)CN(C)C. The van der Waals surface area contributed by atoms with Gasteiger partial charge in [0.1, 0.15) is 5.82 Å². The van der Waals surface area contributed by atoms with E-state index in [2.05, 4.69) is 52.0 Å². The Hall–Kier alpha value is -2.44. The number of fused-ring (bicyclic) bond motifs is 1. The summed E-state index contributed by atoms with van der Waals surface area (Å²) in [6.45, 7) is 6.23. The number of aryl methyl sites for hydroxylation is 1. The van der Waals surface area contributed by atoms with Crippen LogP contribution in [0.2, 0.25) is 0 Å². The second kappa shape index (κ2) is 8.13. The first kappa shape index (κ1) is 19.9. The van der Waals surface area contributed by atoms with Gasteiger partial charge < -0.3 is 15.5 Å². The number of anilines is 1. The summed E-state index contributed by atoms with van der Waals surface area (Å²) in [5, 5.41) is 0. The van der Waals surface area contributed by atoms with Crippen molar-refractivity contribution in [2.45, 2.75) is 19.5 Å². The maximum absolute atomic E-state index is 13.0. The van der Waals surface area contributed by atoms with E-state index in [1.54, 1.807) is 6.20 Å². The molecule has 2 saturated heterocycles. The molecule has 154 valence electrons. The molecule has 6 heteroatoms. The smallest absolute Gasteiger partial charge is 0.237 e. The van der Waals surface area contributed by atoms with Crippen molar-refractivity contribution in [1.82, 2.24) is 19.7 Å². The molecule has 3 heterocycles. The lowest BCUT2D eigenvalue weighted by Gasteiger charge is -2.31. The molecule has 0 spiro atoms. The highest BCUT2D eigenvalue weighted by molar-refractivity contribution is 5.79. The Morgan fingerprint density at radius 2 is 1.97 bits per heavy atom. The number of nitrogens with zero attached hydrogens (tertiary/aromatic N) is 4. The number of nitrogen functional groups attached to an aromatic ring is 1. The zero-order valence-corrected chi connectivity index (χ0v) is 17.6. The molecule has 2 aromatic rings. The van der Waals surface area contributed by atoms with E-state index in [1.165, 1.54) is 11.1 Å². The van der Waals surface area contributed by atoms with Gasteiger partial charge in [-0.3, -0.25) is 9.69 Å². The summed E-state index contributed by atoms with van der Waals surface area (Å²) in [4.78, 5) is 23.8. The lowest BCUT2D eigenvalue weighted by atomic mass is 9.87. The summed E-state index contributed by atoms with van der Waals surface area (Å²) in [7, 11) is 3.91. The normalized spacial score (nSPS) is 24.3. The lowest BCUT2D eigenvalue weighted by molar-refractivity contribution is -0.133. The average molecular weight is 394 g/mol. The first-order valence-corrected chi connectivity index (χ1v) is 10.4. The molecule has 0 saturated carbocycles. The molecule has 2 aliphatic rings. The molecule has 29 heavy (non-hydrogen) atoms. The van der Waals surface area contributed by atoms with Gasteiger partial charge in [0.05, 0.1) is 12.6 Å². The summed E-state index contributed by atoms with van der Waals surface area (Å²) < 4.78 is 0. The van der Waals surface area contributed by atoms with Crippen LogP contribution in [0.25, 0.3) is 0 Å². The summed E-state index contributed by atoms with van der Waals surface area (Å²) in [5.74, 6) is 1.77. The van der Waals surface area contributed by atoms with Gasteiger partial charge in [0, 0.05) is 43.9 Å². The zero-order chi connectivity index (χ0) is 20.5. The van der Waals surface area contributed by atoms with Crippen LogP contribution < -0.4 is 5.73 Å². The number of benzene rings is 1. The van der Waals surface area contributed by atoms with Crippen LogP contribution in [0, 0.1) is 18.8 Å². The van der Waals surface area contributed by atoms with Crippen molar-refractivity contribution >= 4 is 11.7 Å². The number of pyridine rings is 1. The number of nitrogens with two attached hydrogens (primary N) is 1. The van der Waals surface area contributed by atoms with Crippen LogP contribution in [0.3, 0.4) is 0 Å². The van der Waals surface area contributed by atoms with E-state index < -0.39 is 0 Å². The molecule has 2 N–H and O–H groups in total. The van der Waals surface area contributed by atoms with Crippen molar-refractivity contribution in [1.29, 1.82) is 0 Å². The molecule has 2 fully saturated rings. The largest absolute Gasteiger partial charge is 0.383 e. The van der Waals surface area contributed by atoms with Gasteiger partial charge in [-0.05, 0) is 44.1 Å². The van der Waals surface area contributed by atoms with Crippen LogP contribution in [0.4, 0.5) is 5.82 Å². The van der Waals surface area contributed by atoms with Gasteiger partial charge in [-0.1, -0.05) is 30.3 Å². The minimum atomic E-state index is 0.143. The number of carbonyl (C=O) groups is 1. The highest BCUT2D eigenvalue weighted by atomic mass is 16.2. The molecule has 3 atom stereocenters. The van der Waals surface area contributed by atoms with Gasteiger partial charge in [0.15, 0.2) is 0 Å². The highest BCUT2D eigenvalue weighted by Gasteiger charge is 2.49. The van der Waals surface area contributed by atoms with Crippen molar-refractivity contribution in [2.75, 3.05) is 46.0 Å². The van der Waals surface area contributed by atoms with E-state index in [-0.39, 0.29) is 11.9 Å². The zero-order valence-electron chi connectivity index (χ0n) is 17.6. The molecule has 1 aromatic carbocycles. The molecule has 0 aliphatic carbocycles. The number of hydrogen-bond acceptors (Lipinski definition) is 5. The summed E-state index contributed by atoms with van der Waals surface area (Å²) in [5.41, 5.74) is 9.70. The quantitative estimate of drug-likeness (QED) is 0.843. The predicted octanol–water partition coefficient (Wildman–Crippen LogP) is 2.17. The summed E-state index contributed by atoms with van der Waals surface area (Å²) in [6.07, 6.45) is 1.74. The molecule has 0 bridgehead atoms. The number of amides is 1. The lowest BCUT2D eigenvalue weighted by Crippen LogP contribution is -2.40. The van der Waals surface area contributed by atoms with E-state index in [4.69, 9.17) is 5.73 Å². The van der Waals surface area contributed by atoms with Crippen LogP contribution in [0.1, 0.15) is 22.7 Å². The molecule has 1 aromatic heterocycles. The molecule has 0 radical (unpaired) electrons. The van der Waals surface area contributed by atoms with Crippen LogP contribution in [0.15, 0.2) is 42.6 Å². The first-order chi connectivity index (χ1) is 13.9. The Morgan fingerprint density at radius 3 is 2.69 bits per heavy atom. The molecular weight excluding hydrogens is 362 g/mol. The molecular formula is C23H31N5O. The van der Waals surface area contributed by atoms with E-state index in [0.29, 0.717) is 24.2 Å². The number of likely N-dealkylation sites (N-methyl/N-ethyl adjacent to an activating group) is 1. The van der Waals surface area contributed by atoms with E-state index >= 15 is 0 Å². The fourth-order valence-electron chi connectivity index (χ4n) is 5.03. The number of likely N-dealkylation sites (tertiary alicyclic amines) is 2. The van der Waals surface area contributed by atoms with Gasteiger partial charge in [-0.15, -0.1) is 0 Å². The second-order valence-electron chi connectivity index (χ2n) is 8.75. The van der Waals surface area contributed by atoms with E-state index in [9.17, 15) is 4.79 Å². The Labute approximate surface area is 173 Å². The third kappa shape index (κ3) is 4.00. The van der Waals surface area contributed by atoms with Crippen molar-refractivity contribution < 1.29 is 4.79 Å². The minimum Gasteiger partial charge on any atom is -0.383 e. The van der Waals surface area contributed by atoms with Gasteiger partial charge in [-0.2, -0.15) is 0 Å². The van der Waals surface area contributed by atoms with Gasteiger partial charge in [-0.25, -0.2) is 4.98 Å². The highest BCUT2D eigenvalue weighted by Crippen LogP contribution is 2.46. The van der Waals surface area contributed by atoms with Crippen molar-refractivity contribution in [3.63, 3.8) is 0 Å². The Balaban J connectivity index is 1.58. The number of hydrogen-bond donors (Lipinski definition) is 1. The maximum Gasteiger partial charge on any atom is 0.237 e. The number of aromatic nitrogens is 1. The van der Waals surface area contributed by atoms with Crippen molar-refractivity contribution in [3.8, 4) is 0 Å². The molecule has 6 nitrogen and oxygen atoms in total. The monoisotopic (exact) mass is 393 g/mol. The van der Waals surface area contributed by atoms with Crippen LogP contribution in [-0.4, -0.2) is 65.9 Å². The van der Waals surface area contributed by atoms with Crippen molar-refractivity contribution in [2.24, 2.45) is 11.8 Å². The van der Waals surface area contributed by atoms with Crippen LogP contribution in [0.5, 0.6) is 0 Å². The van der Waals surface area contributed by atoms with Crippen LogP contribution >= 0.6 is 0 Å². The van der Waals surface area contributed by atoms with E-state index in [1.807, 2.05) is 25.1 Å². The fourth-order valence-corrected chi connectivity index (χ4v) is 5.03. The standard InChI is InChI=1S/C23H31N5O/c1-16-7-4-5-9-19(16)22-20-14-27(11-17-8-6-10-25-23(17)24)12-18(20)13-28(22)21(29)15-26(2)3/h4-10,18,20,22H,11-15H2,1-3H3,(H2,24,25)/t18-,20-,22+/m1/s1. The number of rotatable bonds is 5. The summed E-state index contributed by atoms with van der Waals surface area (Å²) >= 11 is 0. The van der Waals surface area contributed by atoms with Crippen molar-refractivity contribution in [3.05, 3.63) is 59.3 Å². The topological polar surface area (TPSA) is 65.7 Å².